The molecule has 0 aliphatic carbocycles. The molecule has 4 rings (SSSR count). The van der Waals surface area contributed by atoms with E-state index in [0.29, 0.717) is 41.7 Å². The van der Waals surface area contributed by atoms with Crippen molar-refractivity contribution >= 4 is 28.3 Å². The van der Waals surface area contributed by atoms with Gasteiger partial charge in [-0.25, -0.2) is 9.97 Å². The molecule has 7 nitrogen and oxygen atoms in total. The molecule has 1 aliphatic rings. The first kappa shape index (κ1) is 19.1. The van der Waals surface area contributed by atoms with Crippen molar-refractivity contribution in [3.05, 3.63) is 58.8 Å². The molecule has 1 aliphatic heterocycles. The van der Waals surface area contributed by atoms with Crippen LogP contribution < -0.4 is 15.8 Å². The van der Waals surface area contributed by atoms with Crippen LogP contribution in [0.3, 0.4) is 0 Å². The summed E-state index contributed by atoms with van der Waals surface area (Å²) in [5.74, 6) is 1.50. The van der Waals surface area contributed by atoms with Crippen LogP contribution in [0.4, 0.5) is 11.5 Å². The first-order valence-electron chi connectivity index (χ1n) is 10.2. The van der Waals surface area contributed by atoms with E-state index in [9.17, 15) is 9.59 Å². The molecule has 3 heterocycles. The quantitative estimate of drug-likeness (QED) is 0.673. The average molecular weight is 391 g/mol. The molecule has 29 heavy (non-hydrogen) atoms. The third-order valence-electron chi connectivity index (χ3n) is 5.19. The number of hydrogen-bond donors (Lipinski definition) is 2. The van der Waals surface area contributed by atoms with Crippen LogP contribution in [0, 0.1) is 0 Å². The van der Waals surface area contributed by atoms with Crippen LogP contribution in [0.2, 0.25) is 0 Å². The summed E-state index contributed by atoms with van der Waals surface area (Å²) in [6.07, 6.45) is 6.91. The summed E-state index contributed by atoms with van der Waals surface area (Å²) in [5.41, 5.74) is 1.23. The first-order valence-corrected chi connectivity index (χ1v) is 10.2. The third-order valence-corrected chi connectivity index (χ3v) is 5.19. The van der Waals surface area contributed by atoms with E-state index >= 15 is 0 Å². The number of nitrogens with zero attached hydrogens (tertiary/aromatic N) is 3. The lowest BCUT2D eigenvalue weighted by Crippen LogP contribution is -2.30. The number of H-pyrrole nitrogens is 1. The van der Waals surface area contributed by atoms with Crippen LogP contribution in [-0.2, 0) is 11.2 Å². The lowest BCUT2D eigenvalue weighted by atomic mass is 10.1. The van der Waals surface area contributed by atoms with Gasteiger partial charge in [-0.2, -0.15) is 0 Å². The number of carbonyl (C=O) groups excluding carboxylic acids is 1. The normalized spacial score (nSPS) is 14.1. The number of benzene rings is 1. The number of para-hydroxylation sites is 1. The lowest BCUT2D eigenvalue weighted by molar-refractivity contribution is -0.116. The number of hydrogen-bond acceptors (Lipinski definition) is 5. The van der Waals surface area contributed by atoms with E-state index in [1.54, 1.807) is 12.3 Å². The molecule has 150 valence electrons. The van der Waals surface area contributed by atoms with Crippen molar-refractivity contribution in [2.24, 2.45) is 0 Å². The van der Waals surface area contributed by atoms with Gasteiger partial charge in [0.15, 0.2) is 0 Å². The summed E-state index contributed by atoms with van der Waals surface area (Å²) in [5, 5.41) is 3.47. The van der Waals surface area contributed by atoms with E-state index in [-0.39, 0.29) is 11.5 Å². The minimum Gasteiger partial charge on any atom is -0.357 e. The van der Waals surface area contributed by atoms with E-state index < -0.39 is 0 Å². The van der Waals surface area contributed by atoms with Gasteiger partial charge in [-0.3, -0.25) is 9.59 Å². The van der Waals surface area contributed by atoms with Gasteiger partial charge in [0.1, 0.15) is 11.6 Å². The summed E-state index contributed by atoms with van der Waals surface area (Å²) in [4.78, 5) is 38.4. The lowest BCUT2D eigenvalue weighted by Gasteiger charge is -2.27. The van der Waals surface area contributed by atoms with Crippen LogP contribution in [0.1, 0.15) is 37.9 Å². The fourth-order valence-electron chi connectivity index (χ4n) is 3.66. The highest BCUT2D eigenvalue weighted by Crippen LogP contribution is 2.19. The number of amides is 1. The van der Waals surface area contributed by atoms with Gasteiger partial charge in [0.05, 0.1) is 22.8 Å². The average Bonchev–Trinajstić information content (AvgIpc) is 2.75. The Morgan fingerprint density at radius 2 is 1.93 bits per heavy atom. The Hall–Kier alpha value is -3.22. The molecule has 0 spiro atoms. The zero-order chi connectivity index (χ0) is 20.1. The molecule has 1 aromatic carbocycles. The smallest absolute Gasteiger partial charge is 0.258 e. The predicted octanol–water partition coefficient (Wildman–Crippen LogP) is 3.27. The standard InChI is InChI=1S/C22H25N5O2/c28-21(24-16-11-12-20(23-15-16)27-13-4-1-5-14-27)10-6-9-19-25-18-8-3-2-7-17(18)22(29)26-19/h2-3,7-8,11-12,15H,1,4-6,9-10,13-14H2,(H,24,28)(H,25,26,29). The third kappa shape index (κ3) is 4.80. The van der Waals surface area contributed by atoms with Gasteiger partial charge >= 0.3 is 0 Å². The maximum atomic E-state index is 12.2. The molecule has 0 radical (unpaired) electrons. The van der Waals surface area contributed by atoms with E-state index in [0.717, 1.165) is 18.9 Å². The van der Waals surface area contributed by atoms with Crippen LogP contribution in [0.5, 0.6) is 0 Å². The van der Waals surface area contributed by atoms with Crippen LogP contribution in [-0.4, -0.2) is 33.9 Å². The maximum Gasteiger partial charge on any atom is 0.258 e. The number of aryl methyl sites for hydroxylation is 1. The fraction of sp³-hybridized carbons (Fsp3) is 0.364. The van der Waals surface area contributed by atoms with Crippen molar-refractivity contribution in [3.63, 3.8) is 0 Å². The second-order valence-electron chi connectivity index (χ2n) is 7.38. The zero-order valence-electron chi connectivity index (χ0n) is 16.4. The van der Waals surface area contributed by atoms with Gasteiger partial charge in [-0.1, -0.05) is 12.1 Å². The van der Waals surface area contributed by atoms with Gasteiger partial charge in [0.25, 0.3) is 5.56 Å². The maximum absolute atomic E-state index is 12.2. The fourth-order valence-corrected chi connectivity index (χ4v) is 3.66. The molecule has 0 bridgehead atoms. The second-order valence-corrected chi connectivity index (χ2v) is 7.38. The Bertz CT molecular complexity index is 1040. The highest BCUT2D eigenvalue weighted by molar-refractivity contribution is 5.90. The minimum atomic E-state index is -0.144. The summed E-state index contributed by atoms with van der Waals surface area (Å²) < 4.78 is 0. The van der Waals surface area contributed by atoms with Crippen molar-refractivity contribution in [1.29, 1.82) is 0 Å². The number of rotatable bonds is 6. The van der Waals surface area contributed by atoms with E-state index in [2.05, 4.69) is 25.2 Å². The molecule has 3 aromatic rings. The van der Waals surface area contributed by atoms with E-state index in [1.807, 2.05) is 30.3 Å². The number of pyridine rings is 1. The van der Waals surface area contributed by atoms with Gasteiger partial charge in [0, 0.05) is 25.9 Å². The van der Waals surface area contributed by atoms with Crippen molar-refractivity contribution in [2.75, 3.05) is 23.3 Å². The van der Waals surface area contributed by atoms with Gasteiger partial charge in [-0.05, 0) is 49.9 Å². The Balaban J connectivity index is 1.28. The summed E-state index contributed by atoms with van der Waals surface area (Å²) in [6.45, 7) is 2.09. The van der Waals surface area contributed by atoms with Gasteiger partial charge < -0.3 is 15.2 Å². The number of anilines is 2. The number of aromatic nitrogens is 3. The van der Waals surface area contributed by atoms with Crippen LogP contribution in [0.25, 0.3) is 10.9 Å². The predicted molar refractivity (Wildman–Crippen MR) is 114 cm³/mol. The number of fused-ring (bicyclic) bond motifs is 1. The SMILES string of the molecule is O=C(CCCc1nc2ccccc2c(=O)[nH]1)Nc1ccc(N2CCCCC2)nc1. The molecule has 7 heteroatoms. The number of aromatic amines is 1. The molecule has 0 atom stereocenters. The van der Waals surface area contributed by atoms with Crippen molar-refractivity contribution < 1.29 is 4.79 Å². The minimum absolute atomic E-state index is 0.0688. The molecule has 0 saturated carbocycles. The topological polar surface area (TPSA) is 91.0 Å². The monoisotopic (exact) mass is 391 g/mol. The largest absolute Gasteiger partial charge is 0.357 e. The molecule has 1 fully saturated rings. The van der Waals surface area contributed by atoms with Crippen LogP contribution in [0.15, 0.2) is 47.4 Å². The summed E-state index contributed by atoms with van der Waals surface area (Å²) in [6, 6.07) is 11.1. The summed E-state index contributed by atoms with van der Waals surface area (Å²) in [7, 11) is 0. The number of nitrogens with one attached hydrogen (secondary N) is 2. The number of piperidine rings is 1. The highest BCUT2D eigenvalue weighted by Gasteiger charge is 2.12. The molecule has 1 amide bonds. The van der Waals surface area contributed by atoms with Gasteiger partial charge in [0.2, 0.25) is 5.91 Å². The Kier molecular flexibility index (Phi) is 5.84. The Morgan fingerprint density at radius 1 is 1.10 bits per heavy atom. The van der Waals surface area contributed by atoms with E-state index in [1.165, 1.54) is 19.3 Å². The first-order chi connectivity index (χ1) is 14.2. The number of carbonyl (C=O) groups is 1. The van der Waals surface area contributed by atoms with Crippen molar-refractivity contribution in [3.8, 4) is 0 Å². The highest BCUT2D eigenvalue weighted by atomic mass is 16.1. The Morgan fingerprint density at radius 3 is 2.72 bits per heavy atom. The zero-order valence-corrected chi connectivity index (χ0v) is 16.4. The van der Waals surface area contributed by atoms with Crippen molar-refractivity contribution in [1.82, 2.24) is 15.0 Å². The molecule has 1 saturated heterocycles. The molecule has 2 aromatic heterocycles. The molecular weight excluding hydrogens is 366 g/mol. The molecule has 0 unspecified atom stereocenters. The molecule has 2 N–H and O–H groups in total. The molecular formula is C22H25N5O2. The van der Waals surface area contributed by atoms with Crippen LogP contribution >= 0.6 is 0 Å². The van der Waals surface area contributed by atoms with E-state index in [4.69, 9.17) is 0 Å². The van der Waals surface area contributed by atoms with Gasteiger partial charge in [-0.15, -0.1) is 0 Å². The summed E-state index contributed by atoms with van der Waals surface area (Å²) >= 11 is 0. The Labute approximate surface area is 169 Å². The van der Waals surface area contributed by atoms with Crippen molar-refractivity contribution in [2.45, 2.75) is 38.5 Å². The second kappa shape index (κ2) is 8.86.